The fourth-order valence-electron chi connectivity index (χ4n) is 6.13. The molecule has 0 amide bonds. The third-order valence-corrected chi connectivity index (χ3v) is 8.36. The standard InChI is InChI=1S/C36H34FNO4/c1-36(40)21-19-26(20-22-36)34-32(25-11-13-27(14-12-25)35(39)41-2)33-30(38(34)29-17-15-28(37)16-18-29)9-6-10-31(33)42-23-24-7-4-3-5-8-24/h3-18,26,40H,19-23H2,1-2H3. The summed E-state index contributed by atoms with van der Waals surface area (Å²) in [6, 6.07) is 30.1. The summed E-state index contributed by atoms with van der Waals surface area (Å²) in [7, 11) is 1.37. The Bertz CT molecular complexity index is 1700. The second kappa shape index (κ2) is 11.5. The molecule has 0 atom stereocenters. The molecule has 4 aromatic carbocycles. The molecule has 1 fully saturated rings. The van der Waals surface area contributed by atoms with Gasteiger partial charge in [0.1, 0.15) is 18.2 Å². The summed E-state index contributed by atoms with van der Waals surface area (Å²) in [5, 5.41) is 11.8. The number of benzene rings is 4. The third kappa shape index (κ3) is 5.42. The fraction of sp³-hybridized carbons (Fsp3) is 0.250. The van der Waals surface area contributed by atoms with Gasteiger partial charge >= 0.3 is 5.97 Å². The van der Waals surface area contributed by atoms with Crippen LogP contribution in [0.4, 0.5) is 4.39 Å². The zero-order chi connectivity index (χ0) is 29.3. The average molecular weight is 564 g/mol. The summed E-state index contributed by atoms with van der Waals surface area (Å²) >= 11 is 0. The van der Waals surface area contributed by atoms with Gasteiger partial charge in [0, 0.05) is 22.9 Å². The Labute approximate surface area is 245 Å². The van der Waals surface area contributed by atoms with E-state index in [0.29, 0.717) is 25.0 Å². The van der Waals surface area contributed by atoms with Crippen LogP contribution in [0.5, 0.6) is 5.75 Å². The van der Waals surface area contributed by atoms with Crippen molar-refractivity contribution in [1.82, 2.24) is 4.57 Å². The van der Waals surface area contributed by atoms with Crippen molar-refractivity contribution in [2.75, 3.05) is 7.11 Å². The molecule has 42 heavy (non-hydrogen) atoms. The summed E-state index contributed by atoms with van der Waals surface area (Å²) in [6.07, 6.45) is 2.97. The van der Waals surface area contributed by atoms with Crippen LogP contribution in [0.25, 0.3) is 27.7 Å². The summed E-state index contributed by atoms with van der Waals surface area (Å²) in [4.78, 5) is 12.2. The molecule has 5 nitrogen and oxygen atoms in total. The molecule has 1 aromatic heterocycles. The molecule has 0 unspecified atom stereocenters. The molecule has 0 bridgehead atoms. The molecule has 0 spiro atoms. The van der Waals surface area contributed by atoms with Gasteiger partial charge in [-0.05, 0) is 92.3 Å². The van der Waals surface area contributed by atoms with Gasteiger partial charge in [-0.25, -0.2) is 9.18 Å². The number of halogens is 1. The first kappa shape index (κ1) is 27.7. The molecule has 1 aliphatic carbocycles. The van der Waals surface area contributed by atoms with E-state index >= 15 is 0 Å². The SMILES string of the molecule is COC(=O)c1ccc(-c2c(C3CCC(C)(O)CC3)n(-c3ccc(F)cc3)c3cccc(OCc4ccccc4)c23)cc1. The summed E-state index contributed by atoms with van der Waals surface area (Å²) in [5.41, 5.74) is 5.69. The van der Waals surface area contributed by atoms with E-state index in [1.54, 1.807) is 24.3 Å². The zero-order valence-corrected chi connectivity index (χ0v) is 23.8. The minimum absolute atomic E-state index is 0.139. The molecular formula is C36H34FNO4. The number of aromatic nitrogens is 1. The average Bonchev–Trinajstić information content (AvgIpc) is 3.36. The largest absolute Gasteiger partial charge is 0.488 e. The highest BCUT2D eigenvalue weighted by atomic mass is 19.1. The minimum atomic E-state index is -0.699. The van der Waals surface area contributed by atoms with Crippen LogP contribution in [0.1, 0.15) is 60.1 Å². The van der Waals surface area contributed by atoms with Crippen molar-refractivity contribution in [3.63, 3.8) is 0 Å². The second-order valence-electron chi connectivity index (χ2n) is 11.3. The first-order chi connectivity index (χ1) is 20.3. The van der Waals surface area contributed by atoms with E-state index in [-0.39, 0.29) is 11.7 Å². The summed E-state index contributed by atoms with van der Waals surface area (Å²) < 4.78 is 27.8. The summed E-state index contributed by atoms with van der Waals surface area (Å²) in [6.45, 7) is 2.31. The van der Waals surface area contributed by atoms with Crippen LogP contribution < -0.4 is 4.74 Å². The maximum atomic E-state index is 14.1. The smallest absolute Gasteiger partial charge is 0.337 e. The predicted octanol–water partition coefficient (Wildman–Crippen LogP) is 8.21. The summed E-state index contributed by atoms with van der Waals surface area (Å²) in [5.74, 6) is 0.196. The molecule has 6 heteroatoms. The molecule has 1 saturated carbocycles. The van der Waals surface area contributed by atoms with Crippen molar-refractivity contribution in [2.45, 2.75) is 50.7 Å². The van der Waals surface area contributed by atoms with Gasteiger partial charge in [0.05, 0.1) is 29.2 Å². The van der Waals surface area contributed by atoms with Gasteiger partial charge in [0.25, 0.3) is 0 Å². The van der Waals surface area contributed by atoms with Crippen molar-refractivity contribution in [2.24, 2.45) is 0 Å². The number of hydrogen-bond acceptors (Lipinski definition) is 4. The molecule has 1 aliphatic rings. The molecule has 0 saturated heterocycles. The molecule has 6 rings (SSSR count). The van der Waals surface area contributed by atoms with Gasteiger partial charge in [-0.2, -0.15) is 0 Å². The van der Waals surface area contributed by atoms with Crippen LogP contribution in [0.15, 0.2) is 97.1 Å². The van der Waals surface area contributed by atoms with Gasteiger partial charge in [-0.15, -0.1) is 0 Å². The Kier molecular flexibility index (Phi) is 7.56. The highest BCUT2D eigenvalue weighted by molar-refractivity contribution is 6.04. The van der Waals surface area contributed by atoms with Gasteiger partial charge in [0.15, 0.2) is 0 Å². The lowest BCUT2D eigenvalue weighted by atomic mass is 9.77. The van der Waals surface area contributed by atoms with Crippen LogP contribution in [-0.4, -0.2) is 28.4 Å². The Hall–Kier alpha value is -4.42. The number of fused-ring (bicyclic) bond motifs is 1. The minimum Gasteiger partial charge on any atom is -0.488 e. The van der Waals surface area contributed by atoms with E-state index < -0.39 is 11.6 Å². The zero-order valence-electron chi connectivity index (χ0n) is 23.8. The van der Waals surface area contributed by atoms with Gasteiger partial charge in [-0.3, -0.25) is 0 Å². The number of hydrogen-bond donors (Lipinski definition) is 1. The van der Waals surface area contributed by atoms with Gasteiger partial charge in [0.2, 0.25) is 0 Å². The van der Waals surface area contributed by atoms with E-state index in [9.17, 15) is 14.3 Å². The first-order valence-corrected chi connectivity index (χ1v) is 14.4. The topological polar surface area (TPSA) is 60.7 Å². The quantitative estimate of drug-likeness (QED) is 0.203. The van der Waals surface area contributed by atoms with E-state index in [2.05, 4.69) is 10.6 Å². The molecule has 0 aliphatic heterocycles. The second-order valence-corrected chi connectivity index (χ2v) is 11.3. The van der Waals surface area contributed by atoms with Crippen molar-refractivity contribution < 1.29 is 23.8 Å². The molecule has 0 radical (unpaired) electrons. The monoisotopic (exact) mass is 563 g/mol. The normalized spacial score (nSPS) is 18.6. The number of rotatable bonds is 7. The first-order valence-electron chi connectivity index (χ1n) is 14.4. The van der Waals surface area contributed by atoms with Crippen LogP contribution in [0, 0.1) is 5.82 Å². The van der Waals surface area contributed by atoms with E-state index in [4.69, 9.17) is 9.47 Å². The number of esters is 1. The lowest BCUT2D eigenvalue weighted by Gasteiger charge is -2.34. The van der Waals surface area contributed by atoms with Crippen LogP contribution in [-0.2, 0) is 11.3 Å². The van der Waals surface area contributed by atoms with Crippen molar-refractivity contribution >= 4 is 16.9 Å². The lowest BCUT2D eigenvalue weighted by molar-refractivity contribution is 0.0167. The maximum Gasteiger partial charge on any atom is 0.337 e. The number of nitrogens with zero attached hydrogens (tertiary/aromatic N) is 1. The number of carbonyl (C=O) groups is 1. The fourth-order valence-corrected chi connectivity index (χ4v) is 6.13. The molecule has 214 valence electrons. The van der Waals surface area contributed by atoms with E-state index in [1.165, 1.54) is 19.2 Å². The van der Waals surface area contributed by atoms with Crippen LogP contribution >= 0.6 is 0 Å². The Morgan fingerprint density at radius 1 is 0.929 bits per heavy atom. The van der Waals surface area contributed by atoms with Crippen LogP contribution in [0.2, 0.25) is 0 Å². The number of ether oxygens (including phenoxy) is 2. The van der Waals surface area contributed by atoms with Crippen molar-refractivity contribution in [1.29, 1.82) is 0 Å². The Balaban J connectivity index is 1.60. The number of aliphatic hydroxyl groups is 1. The van der Waals surface area contributed by atoms with Crippen LogP contribution in [0.3, 0.4) is 0 Å². The molecule has 1 N–H and O–H groups in total. The molecular weight excluding hydrogens is 529 g/mol. The highest BCUT2D eigenvalue weighted by Gasteiger charge is 2.34. The number of carbonyl (C=O) groups excluding carboxylic acids is 1. The highest BCUT2D eigenvalue weighted by Crippen LogP contribution is 2.49. The van der Waals surface area contributed by atoms with Crippen molar-refractivity contribution in [3.05, 3.63) is 120 Å². The number of methoxy groups -OCH3 is 1. The predicted molar refractivity (Wildman–Crippen MR) is 163 cm³/mol. The molecule has 1 heterocycles. The van der Waals surface area contributed by atoms with Gasteiger partial charge in [-0.1, -0.05) is 48.5 Å². The molecule has 5 aromatic rings. The Morgan fingerprint density at radius 3 is 2.29 bits per heavy atom. The van der Waals surface area contributed by atoms with E-state index in [0.717, 1.165) is 57.6 Å². The van der Waals surface area contributed by atoms with Crippen molar-refractivity contribution in [3.8, 4) is 22.6 Å². The maximum absolute atomic E-state index is 14.1. The van der Waals surface area contributed by atoms with Gasteiger partial charge < -0.3 is 19.1 Å². The van der Waals surface area contributed by atoms with E-state index in [1.807, 2.05) is 61.5 Å². The Morgan fingerprint density at radius 2 is 1.62 bits per heavy atom. The third-order valence-electron chi connectivity index (χ3n) is 8.36. The lowest BCUT2D eigenvalue weighted by Crippen LogP contribution is -2.30.